The Hall–Kier alpha value is -3.22. The summed E-state index contributed by atoms with van der Waals surface area (Å²) >= 11 is 0. The first-order valence-electron chi connectivity index (χ1n) is 6.64. The molecule has 0 radical (unpaired) electrons. The van der Waals surface area contributed by atoms with Crippen molar-refractivity contribution in [3.8, 4) is 5.69 Å². The molecule has 0 atom stereocenters. The zero-order valence-electron chi connectivity index (χ0n) is 11.9. The van der Waals surface area contributed by atoms with Crippen molar-refractivity contribution in [3.05, 3.63) is 60.4 Å². The van der Waals surface area contributed by atoms with E-state index in [-0.39, 0.29) is 0 Å². The largest absolute Gasteiger partial charge is 0.366 e. The smallest absolute Gasteiger partial charge is 0.250 e. The average molecular weight is 294 g/mol. The zero-order chi connectivity index (χ0) is 15.5. The van der Waals surface area contributed by atoms with Gasteiger partial charge in [-0.1, -0.05) is 6.07 Å². The number of hydrogen-bond acceptors (Lipinski definition) is 5. The summed E-state index contributed by atoms with van der Waals surface area (Å²) in [5.41, 5.74) is 7.14. The molecule has 22 heavy (non-hydrogen) atoms. The van der Waals surface area contributed by atoms with Gasteiger partial charge in [0.2, 0.25) is 5.95 Å². The van der Waals surface area contributed by atoms with E-state index in [9.17, 15) is 4.79 Å². The molecule has 3 aromatic rings. The Morgan fingerprint density at radius 1 is 1.14 bits per heavy atom. The normalized spacial score (nSPS) is 10.4. The minimum atomic E-state index is -0.530. The molecule has 3 N–H and O–H groups in total. The monoisotopic (exact) mass is 294 g/mol. The number of hydrogen-bond donors (Lipinski definition) is 2. The SMILES string of the molecule is Cc1nccn1-c1cccc(C(N)=O)c1Nc1ncccn1. The van der Waals surface area contributed by atoms with Crippen LogP contribution < -0.4 is 11.1 Å². The minimum Gasteiger partial charge on any atom is -0.366 e. The van der Waals surface area contributed by atoms with Crippen LogP contribution >= 0.6 is 0 Å². The minimum absolute atomic E-state index is 0.359. The lowest BCUT2D eigenvalue weighted by molar-refractivity contribution is 0.100. The van der Waals surface area contributed by atoms with Gasteiger partial charge in [0.1, 0.15) is 5.82 Å². The number of nitrogens with one attached hydrogen (secondary N) is 1. The second kappa shape index (κ2) is 5.65. The molecule has 110 valence electrons. The third-order valence-corrected chi connectivity index (χ3v) is 3.20. The maximum absolute atomic E-state index is 11.7. The molecule has 0 aliphatic carbocycles. The van der Waals surface area contributed by atoms with Crippen LogP contribution in [0.4, 0.5) is 11.6 Å². The first kappa shape index (κ1) is 13.7. The second-order valence-corrected chi connectivity index (χ2v) is 4.61. The number of anilines is 2. The molecule has 7 nitrogen and oxygen atoms in total. The van der Waals surface area contributed by atoms with Crippen molar-refractivity contribution >= 4 is 17.5 Å². The van der Waals surface area contributed by atoms with Crippen LogP contribution in [0.3, 0.4) is 0 Å². The summed E-state index contributed by atoms with van der Waals surface area (Å²) in [6, 6.07) is 7.01. The summed E-state index contributed by atoms with van der Waals surface area (Å²) in [6.07, 6.45) is 6.73. The third-order valence-electron chi connectivity index (χ3n) is 3.20. The van der Waals surface area contributed by atoms with E-state index in [1.54, 1.807) is 36.8 Å². The van der Waals surface area contributed by atoms with Crippen LogP contribution in [0.25, 0.3) is 5.69 Å². The van der Waals surface area contributed by atoms with Crippen molar-refractivity contribution in [3.63, 3.8) is 0 Å². The van der Waals surface area contributed by atoms with Crippen molar-refractivity contribution in [2.45, 2.75) is 6.92 Å². The highest BCUT2D eigenvalue weighted by molar-refractivity contribution is 6.01. The summed E-state index contributed by atoms with van der Waals surface area (Å²) in [6.45, 7) is 1.87. The molecule has 0 saturated carbocycles. The number of rotatable bonds is 4. The van der Waals surface area contributed by atoms with Gasteiger partial charge in [0.15, 0.2) is 0 Å². The molecule has 3 rings (SSSR count). The maximum atomic E-state index is 11.7. The Labute approximate surface area is 126 Å². The number of imidazole rings is 1. The highest BCUT2D eigenvalue weighted by Gasteiger charge is 2.15. The molecule has 1 amide bonds. The fourth-order valence-corrected chi connectivity index (χ4v) is 2.19. The Morgan fingerprint density at radius 3 is 2.55 bits per heavy atom. The number of carbonyl (C=O) groups excluding carboxylic acids is 1. The molecule has 0 aliphatic heterocycles. The number of nitrogens with two attached hydrogens (primary N) is 1. The van der Waals surface area contributed by atoms with Gasteiger partial charge in [0, 0.05) is 24.8 Å². The van der Waals surface area contributed by atoms with Crippen LogP contribution in [0.5, 0.6) is 0 Å². The van der Waals surface area contributed by atoms with Crippen LogP contribution in [-0.4, -0.2) is 25.4 Å². The van der Waals surface area contributed by atoms with Gasteiger partial charge in [0.05, 0.1) is 16.9 Å². The predicted octanol–water partition coefficient (Wildman–Crippen LogP) is 1.81. The second-order valence-electron chi connectivity index (χ2n) is 4.61. The van der Waals surface area contributed by atoms with Crippen LogP contribution in [0, 0.1) is 6.92 Å². The van der Waals surface area contributed by atoms with Crippen molar-refractivity contribution in [1.29, 1.82) is 0 Å². The van der Waals surface area contributed by atoms with Crippen molar-refractivity contribution in [2.24, 2.45) is 5.73 Å². The molecular weight excluding hydrogens is 280 g/mol. The van der Waals surface area contributed by atoms with Gasteiger partial charge in [-0.15, -0.1) is 0 Å². The van der Waals surface area contributed by atoms with E-state index < -0.39 is 5.91 Å². The van der Waals surface area contributed by atoms with E-state index in [4.69, 9.17) is 5.73 Å². The molecule has 7 heteroatoms. The summed E-state index contributed by atoms with van der Waals surface area (Å²) in [5, 5.41) is 3.07. The standard InChI is InChI=1S/C15H14N6O/c1-10-17-8-9-21(10)12-5-2-4-11(14(16)22)13(12)20-15-18-6-3-7-19-15/h2-9H,1H3,(H2,16,22)(H,18,19,20). The number of aryl methyl sites for hydroxylation is 1. The lowest BCUT2D eigenvalue weighted by Crippen LogP contribution is -2.15. The molecule has 1 aromatic carbocycles. The van der Waals surface area contributed by atoms with Gasteiger partial charge in [-0.05, 0) is 25.1 Å². The van der Waals surface area contributed by atoms with E-state index in [0.29, 0.717) is 17.2 Å². The third kappa shape index (κ3) is 2.51. The van der Waals surface area contributed by atoms with E-state index in [1.807, 2.05) is 23.8 Å². The summed E-state index contributed by atoms with van der Waals surface area (Å²) in [5.74, 6) is 0.645. The highest BCUT2D eigenvalue weighted by atomic mass is 16.1. The molecule has 0 saturated heterocycles. The predicted molar refractivity (Wildman–Crippen MR) is 82.1 cm³/mol. The fraction of sp³-hybridized carbons (Fsp3) is 0.0667. The number of primary amides is 1. The van der Waals surface area contributed by atoms with Crippen LogP contribution in [0.15, 0.2) is 49.1 Å². The van der Waals surface area contributed by atoms with E-state index in [1.165, 1.54) is 0 Å². The molecule has 0 unspecified atom stereocenters. The molecule has 0 aliphatic rings. The summed E-state index contributed by atoms with van der Waals surface area (Å²) in [4.78, 5) is 24.2. The highest BCUT2D eigenvalue weighted by Crippen LogP contribution is 2.27. The van der Waals surface area contributed by atoms with Crippen LogP contribution in [-0.2, 0) is 0 Å². The molecule has 0 fully saturated rings. The van der Waals surface area contributed by atoms with Gasteiger partial charge >= 0.3 is 0 Å². The van der Waals surface area contributed by atoms with E-state index in [0.717, 1.165) is 11.5 Å². The number of carbonyl (C=O) groups is 1. The summed E-state index contributed by atoms with van der Waals surface area (Å²) < 4.78 is 1.86. The fourth-order valence-electron chi connectivity index (χ4n) is 2.19. The van der Waals surface area contributed by atoms with Crippen molar-refractivity contribution < 1.29 is 4.79 Å². The Kier molecular flexibility index (Phi) is 3.53. The lowest BCUT2D eigenvalue weighted by atomic mass is 10.1. The number of aromatic nitrogens is 4. The van der Waals surface area contributed by atoms with E-state index in [2.05, 4.69) is 20.3 Å². The number of benzene rings is 1. The maximum Gasteiger partial charge on any atom is 0.250 e. The molecular formula is C15H14N6O. The number of nitrogens with zero attached hydrogens (tertiary/aromatic N) is 4. The molecule has 2 aromatic heterocycles. The molecule has 0 bridgehead atoms. The number of para-hydroxylation sites is 1. The molecule has 2 heterocycles. The van der Waals surface area contributed by atoms with Gasteiger partial charge in [-0.3, -0.25) is 4.79 Å². The summed E-state index contributed by atoms with van der Waals surface area (Å²) in [7, 11) is 0. The quantitative estimate of drug-likeness (QED) is 0.764. The Bertz CT molecular complexity index is 812. The van der Waals surface area contributed by atoms with E-state index >= 15 is 0 Å². The van der Waals surface area contributed by atoms with Crippen molar-refractivity contribution in [1.82, 2.24) is 19.5 Å². The van der Waals surface area contributed by atoms with Gasteiger partial charge in [0.25, 0.3) is 5.91 Å². The first-order valence-corrected chi connectivity index (χ1v) is 6.64. The van der Waals surface area contributed by atoms with Gasteiger partial charge in [-0.2, -0.15) is 0 Å². The Morgan fingerprint density at radius 2 is 1.91 bits per heavy atom. The van der Waals surface area contributed by atoms with Crippen LogP contribution in [0.1, 0.15) is 16.2 Å². The van der Waals surface area contributed by atoms with Gasteiger partial charge in [-0.25, -0.2) is 15.0 Å². The van der Waals surface area contributed by atoms with Crippen LogP contribution in [0.2, 0.25) is 0 Å². The number of amides is 1. The zero-order valence-corrected chi connectivity index (χ0v) is 11.9. The first-order chi connectivity index (χ1) is 10.7. The molecule has 0 spiro atoms. The topological polar surface area (TPSA) is 98.7 Å². The van der Waals surface area contributed by atoms with Gasteiger partial charge < -0.3 is 15.6 Å². The lowest BCUT2D eigenvalue weighted by Gasteiger charge is -2.15. The average Bonchev–Trinajstić information content (AvgIpc) is 2.94. The Balaban J connectivity index is 2.16. The van der Waals surface area contributed by atoms with Crippen molar-refractivity contribution in [2.75, 3.05) is 5.32 Å².